The third kappa shape index (κ3) is 5.30. The topological polar surface area (TPSA) is 35.5 Å². The van der Waals surface area contributed by atoms with Gasteiger partial charge in [0.25, 0.3) is 0 Å². The number of piperidine rings is 1. The van der Waals surface area contributed by atoms with E-state index in [9.17, 15) is 0 Å². The fraction of sp³-hybridized carbons (Fsp3) is 0.700. The number of aliphatic hydroxyl groups is 1. The lowest BCUT2D eigenvalue weighted by Gasteiger charge is -2.41. The van der Waals surface area contributed by atoms with Crippen molar-refractivity contribution in [1.82, 2.24) is 10.2 Å². The Balaban J connectivity index is 1.51. The van der Waals surface area contributed by atoms with Crippen LogP contribution in [0.5, 0.6) is 0 Å². The van der Waals surface area contributed by atoms with Gasteiger partial charge in [0.2, 0.25) is 0 Å². The SMILES string of the molecule is OCCCC1CC(NCc2ccccc2)CN(CC2CCC2)C1. The molecule has 3 nitrogen and oxygen atoms in total. The summed E-state index contributed by atoms with van der Waals surface area (Å²) < 4.78 is 0. The minimum atomic E-state index is 0.335. The highest BCUT2D eigenvalue weighted by Crippen LogP contribution is 2.29. The largest absolute Gasteiger partial charge is 0.396 e. The molecule has 1 saturated carbocycles. The van der Waals surface area contributed by atoms with Gasteiger partial charge in [-0.05, 0) is 49.5 Å². The van der Waals surface area contributed by atoms with Gasteiger partial charge in [0.05, 0.1) is 0 Å². The predicted octanol–water partition coefficient (Wildman–Crippen LogP) is 3.04. The van der Waals surface area contributed by atoms with Gasteiger partial charge in [0.1, 0.15) is 0 Å². The summed E-state index contributed by atoms with van der Waals surface area (Å²) in [4.78, 5) is 2.69. The van der Waals surface area contributed by atoms with Crippen LogP contribution in [-0.2, 0) is 6.54 Å². The van der Waals surface area contributed by atoms with Crippen molar-refractivity contribution in [2.45, 2.75) is 51.1 Å². The molecule has 1 heterocycles. The fourth-order valence-corrected chi connectivity index (χ4v) is 4.09. The third-order valence-corrected chi connectivity index (χ3v) is 5.56. The van der Waals surface area contributed by atoms with E-state index < -0.39 is 0 Å². The number of rotatable bonds is 8. The lowest BCUT2D eigenvalue weighted by Crippen LogP contribution is -2.50. The van der Waals surface area contributed by atoms with E-state index in [1.165, 1.54) is 57.3 Å². The fourth-order valence-electron chi connectivity index (χ4n) is 4.09. The van der Waals surface area contributed by atoms with Gasteiger partial charge in [-0.25, -0.2) is 0 Å². The van der Waals surface area contributed by atoms with Crippen LogP contribution in [0.4, 0.5) is 0 Å². The molecule has 2 aliphatic rings. The van der Waals surface area contributed by atoms with E-state index in [1.54, 1.807) is 0 Å². The molecular formula is C20H32N2O. The maximum Gasteiger partial charge on any atom is 0.0431 e. The number of nitrogens with one attached hydrogen (secondary N) is 1. The van der Waals surface area contributed by atoms with Crippen LogP contribution in [0.3, 0.4) is 0 Å². The molecule has 1 aliphatic heterocycles. The molecule has 3 heteroatoms. The van der Waals surface area contributed by atoms with Gasteiger partial charge in [0.15, 0.2) is 0 Å². The first-order chi connectivity index (χ1) is 11.3. The Kier molecular flexibility index (Phi) is 6.49. The van der Waals surface area contributed by atoms with Crippen LogP contribution < -0.4 is 5.32 Å². The minimum Gasteiger partial charge on any atom is -0.396 e. The van der Waals surface area contributed by atoms with Crippen LogP contribution in [0.2, 0.25) is 0 Å². The Bertz CT molecular complexity index is 446. The second-order valence-electron chi connectivity index (χ2n) is 7.55. The van der Waals surface area contributed by atoms with Crippen molar-refractivity contribution in [2.75, 3.05) is 26.2 Å². The van der Waals surface area contributed by atoms with Crippen LogP contribution in [0.1, 0.15) is 44.1 Å². The zero-order chi connectivity index (χ0) is 15.9. The molecule has 1 aromatic carbocycles. The van der Waals surface area contributed by atoms with E-state index in [4.69, 9.17) is 5.11 Å². The van der Waals surface area contributed by atoms with Crippen molar-refractivity contribution in [3.63, 3.8) is 0 Å². The first-order valence-corrected chi connectivity index (χ1v) is 9.44. The van der Waals surface area contributed by atoms with E-state index in [0.29, 0.717) is 12.6 Å². The Hall–Kier alpha value is -0.900. The summed E-state index contributed by atoms with van der Waals surface area (Å²) in [5.74, 6) is 1.69. The number of hydrogen-bond donors (Lipinski definition) is 2. The van der Waals surface area contributed by atoms with Gasteiger partial charge >= 0.3 is 0 Å². The summed E-state index contributed by atoms with van der Waals surface area (Å²) in [6, 6.07) is 11.3. The molecule has 0 aromatic heterocycles. The summed E-state index contributed by atoms with van der Waals surface area (Å²) in [6.07, 6.45) is 7.67. The van der Waals surface area contributed by atoms with Gasteiger partial charge in [-0.1, -0.05) is 36.8 Å². The third-order valence-electron chi connectivity index (χ3n) is 5.56. The molecule has 2 atom stereocenters. The second kappa shape index (κ2) is 8.81. The van der Waals surface area contributed by atoms with Crippen molar-refractivity contribution in [1.29, 1.82) is 0 Å². The standard InChI is InChI=1S/C20H32N2O/c23-11-5-10-19-12-20(21-13-17-6-2-1-3-7-17)16-22(15-19)14-18-8-4-9-18/h1-3,6-7,18-21,23H,4-5,8-16H2. The smallest absolute Gasteiger partial charge is 0.0431 e. The van der Waals surface area contributed by atoms with Crippen LogP contribution in [-0.4, -0.2) is 42.3 Å². The summed E-state index contributed by atoms with van der Waals surface area (Å²) in [7, 11) is 0. The highest BCUT2D eigenvalue weighted by molar-refractivity contribution is 5.14. The summed E-state index contributed by atoms with van der Waals surface area (Å²) in [5.41, 5.74) is 1.37. The number of benzene rings is 1. The normalized spacial score (nSPS) is 26.1. The number of aliphatic hydroxyl groups excluding tert-OH is 1. The first kappa shape index (κ1) is 16.9. The molecule has 2 fully saturated rings. The van der Waals surface area contributed by atoms with E-state index in [0.717, 1.165) is 24.8 Å². The molecule has 1 saturated heterocycles. The lowest BCUT2D eigenvalue weighted by molar-refractivity contribution is 0.0948. The molecule has 0 bridgehead atoms. The Labute approximate surface area is 141 Å². The van der Waals surface area contributed by atoms with Crippen molar-refractivity contribution in [3.8, 4) is 0 Å². The number of nitrogens with zero attached hydrogens (tertiary/aromatic N) is 1. The van der Waals surface area contributed by atoms with E-state index in [1.807, 2.05) is 0 Å². The molecule has 0 radical (unpaired) electrons. The molecule has 2 N–H and O–H groups in total. The van der Waals surface area contributed by atoms with Crippen molar-refractivity contribution >= 4 is 0 Å². The van der Waals surface area contributed by atoms with Crippen LogP contribution in [0.15, 0.2) is 30.3 Å². The van der Waals surface area contributed by atoms with Crippen molar-refractivity contribution in [3.05, 3.63) is 35.9 Å². The molecule has 0 amide bonds. The summed E-state index contributed by atoms with van der Waals surface area (Å²) in [6.45, 7) is 5.02. The molecule has 1 aromatic rings. The predicted molar refractivity (Wildman–Crippen MR) is 95.3 cm³/mol. The van der Waals surface area contributed by atoms with Gasteiger partial charge in [-0.15, -0.1) is 0 Å². The van der Waals surface area contributed by atoms with Crippen molar-refractivity contribution in [2.24, 2.45) is 11.8 Å². The minimum absolute atomic E-state index is 0.335. The van der Waals surface area contributed by atoms with Crippen LogP contribution in [0.25, 0.3) is 0 Å². The molecule has 0 spiro atoms. The molecule has 2 unspecified atom stereocenters. The monoisotopic (exact) mass is 316 g/mol. The maximum atomic E-state index is 9.14. The average molecular weight is 316 g/mol. The molecular weight excluding hydrogens is 284 g/mol. The first-order valence-electron chi connectivity index (χ1n) is 9.44. The molecule has 128 valence electrons. The van der Waals surface area contributed by atoms with Crippen molar-refractivity contribution < 1.29 is 5.11 Å². The molecule has 1 aliphatic carbocycles. The van der Waals surface area contributed by atoms with Gasteiger partial charge < -0.3 is 15.3 Å². The second-order valence-corrected chi connectivity index (χ2v) is 7.55. The Morgan fingerprint density at radius 2 is 1.91 bits per heavy atom. The molecule has 3 rings (SSSR count). The van der Waals surface area contributed by atoms with E-state index >= 15 is 0 Å². The Morgan fingerprint density at radius 3 is 2.61 bits per heavy atom. The molecule has 23 heavy (non-hydrogen) atoms. The maximum absolute atomic E-state index is 9.14. The van der Waals surface area contributed by atoms with E-state index in [2.05, 4.69) is 40.5 Å². The Morgan fingerprint density at radius 1 is 1.09 bits per heavy atom. The number of likely N-dealkylation sites (tertiary alicyclic amines) is 1. The zero-order valence-electron chi connectivity index (χ0n) is 14.3. The average Bonchev–Trinajstić information content (AvgIpc) is 2.55. The summed E-state index contributed by atoms with van der Waals surface area (Å²) >= 11 is 0. The number of hydrogen-bond acceptors (Lipinski definition) is 3. The quantitative estimate of drug-likeness (QED) is 0.774. The van der Waals surface area contributed by atoms with Gasteiger partial charge in [-0.3, -0.25) is 0 Å². The van der Waals surface area contributed by atoms with Gasteiger partial charge in [0, 0.05) is 38.8 Å². The van der Waals surface area contributed by atoms with Crippen LogP contribution >= 0.6 is 0 Å². The van der Waals surface area contributed by atoms with Crippen LogP contribution in [0, 0.1) is 11.8 Å². The highest BCUT2D eigenvalue weighted by Gasteiger charge is 2.29. The highest BCUT2D eigenvalue weighted by atomic mass is 16.2. The lowest BCUT2D eigenvalue weighted by atomic mass is 9.83. The summed E-state index contributed by atoms with van der Waals surface area (Å²) in [5, 5.41) is 12.9. The zero-order valence-corrected chi connectivity index (χ0v) is 14.3. The van der Waals surface area contributed by atoms with E-state index in [-0.39, 0.29) is 0 Å². The van der Waals surface area contributed by atoms with Gasteiger partial charge in [-0.2, -0.15) is 0 Å².